The van der Waals surface area contributed by atoms with E-state index < -0.39 is 24.0 Å². The highest BCUT2D eigenvalue weighted by molar-refractivity contribution is 7.98. The van der Waals surface area contributed by atoms with Crippen molar-refractivity contribution in [2.75, 3.05) is 17.7 Å². The van der Waals surface area contributed by atoms with Crippen molar-refractivity contribution < 1.29 is 14.9 Å². The lowest BCUT2D eigenvalue weighted by molar-refractivity contribution is -0.0569. The topological polar surface area (TPSA) is 106 Å². The van der Waals surface area contributed by atoms with E-state index in [1.165, 1.54) is 6.33 Å². The van der Waals surface area contributed by atoms with E-state index in [9.17, 15) is 10.2 Å². The van der Waals surface area contributed by atoms with E-state index in [-0.39, 0.29) is 0 Å². The molecule has 1 aliphatic rings. The van der Waals surface area contributed by atoms with Gasteiger partial charge >= 0.3 is 0 Å². The quantitative estimate of drug-likeness (QED) is 0.752. The van der Waals surface area contributed by atoms with Gasteiger partial charge in [-0.05, 0) is 19.2 Å². The predicted molar refractivity (Wildman–Crippen MR) is 80.9 cm³/mol. The normalized spacial score (nSPS) is 32.9. The summed E-state index contributed by atoms with van der Waals surface area (Å²) in [7, 11) is 0. The third-order valence-corrected chi connectivity index (χ3v) is 4.59. The van der Waals surface area contributed by atoms with E-state index in [1.807, 2.05) is 6.26 Å². The van der Waals surface area contributed by atoms with Gasteiger partial charge in [0.1, 0.15) is 35.6 Å². The maximum absolute atomic E-state index is 10.5. The molecule has 21 heavy (non-hydrogen) atoms. The van der Waals surface area contributed by atoms with Gasteiger partial charge in [0.15, 0.2) is 6.23 Å². The molecule has 1 saturated heterocycles. The zero-order valence-electron chi connectivity index (χ0n) is 11.8. The number of aromatic nitrogens is 3. The lowest BCUT2D eigenvalue weighted by Gasteiger charge is -2.25. The maximum atomic E-state index is 10.5. The van der Waals surface area contributed by atoms with Gasteiger partial charge in [0, 0.05) is 11.9 Å². The van der Waals surface area contributed by atoms with Gasteiger partial charge in [-0.1, -0.05) is 0 Å². The van der Waals surface area contributed by atoms with Crippen molar-refractivity contribution in [2.24, 2.45) is 0 Å². The highest BCUT2D eigenvalue weighted by Gasteiger charge is 2.52. The molecule has 7 nitrogen and oxygen atoms in total. The Hall–Kier alpha value is -1.35. The Bertz CT molecular complexity index is 660. The first-order valence-electron chi connectivity index (χ1n) is 6.58. The number of fused-ring (bicyclic) bond motifs is 1. The molecule has 0 saturated carbocycles. The van der Waals surface area contributed by atoms with E-state index in [2.05, 4.69) is 9.97 Å². The molecule has 1 fully saturated rings. The summed E-state index contributed by atoms with van der Waals surface area (Å²) in [6.45, 7) is 1.59. The highest BCUT2D eigenvalue weighted by atomic mass is 32.2. The minimum absolute atomic E-state index is 0.374. The second kappa shape index (κ2) is 5.13. The molecule has 2 aromatic heterocycles. The van der Waals surface area contributed by atoms with Gasteiger partial charge in [-0.15, -0.1) is 0 Å². The molecule has 0 amide bonds. The van der Waals surface area contributed by atoms with Gasteiger partial charge < -0.3 is 25.3 Å². The number of anilines is 1. The SMILES string of the molecule is CSC[C@H]1OC(n2ccc3c(N)ncnc32)[C@H](O)[C@]1(C)O. The van der Waals surface area contributed by atoms with Crippen molar-refractivity contribution in [3.05, 3.63) is 18.6 Å². The summed E-state index contributed by atoms with van der Waals surface area (Å²) < 4.78 is 7.55. The van der Waals surface area contributed by atoms with Gasteiger partial charge in [0.05, 0.1) is 5.39 Å². The minimum Gasteiger partial charge on any atom is -0.385 e. The number of hydrogen-bond acceptors (Lipinski definition) is 7. The van der Waals surface area contributed by atoms with Crippen LogP contribution in [-0.4, -0.2) is 54.6 Å². The van der Waals surface area contributed by atoms with Crippen LogP contribution in [0.25, 0.3) is 11.0 Å². The molecule has 2 aromatic rings. The second-order valence-corrected chi connectivity index (χ2v) is 6.27. The summed E-state index contributed by atoms with van der Waals surface area (Å²) in [6, 6.07) is 1.78. The molecule has 1 unspecified atom stereocenters. The lowest BCUT2D eigenvalue weighted by atomic mass is 9.95. The van der Waals surface area contributed by atoms with E-state index in [4.69, 9.17) is 10.5 Å². The van der Waals surface area contributed by atoms with Gasteiger partial charge in [0.25, 0.3) is 0 Å². The number of rotatable bonds is 3. The van der Waals surface area contributed by atoms with Crippen LogP contribution in [0.4, 0.5) is 5.82 Å². The molecule has 8 heteroatoms. The Balaban J connectivity index is 2.02. The largest absolute Gasteiger partial charge is 0.385 e. The zero-order chi connectivity index (χ0) is 15.2. The van der Waals surface area contributed by atoms with Gasteiger partial charge in [-0.25, -0.2) is 9.97 Å². The van der Waals surface area contributed by atoms with Crippen LogP contribution in [0.15, 0.2) is 18.6 Å². The molecule has 0 radical (unpaired) electrons. The number of nitrogens with zero attached hydrogens (tertiary/aromatic N) is 3. The van der Waals surface area contributed by atoms with Crippen LogP contribution in [0.2, 0.25) is 0 Å². The molecular weight excluding hydrogens is 292 g/mol. The Morgan fingerprint density at radius 1 is 1.52 bits per heavy atom. The van der Waals surface area contributed by atoms with Crippen LogP contribution in [-0.2, 0) is 4.74 Å². The number of nitrogens with two attached hydrogens (primary N) is 1. The van der Waals surface area contributed by atoms with Crippen molar-refractivity contribution in [2.45, 2.75) is 31.0 Å². The van der Waals surface area contributed by atoms with Crippen molar-refractivity contribution in [1.82, 2.24) is 14.5 Å². The molecule has 4 atom stereocenters. The summed E-state index contributed by atoms with van der Waals surface area (Å²) in [5.41, 5.74) is 5.07. The lowest BCUT2D eigenvalue weighted by Crippen LogP contribution is -2.45. The van der Waals surface area contributed by atoms with Gasteiger partial charge in [0.2, 0.25) is 0 Å². The molecule has 3 rings (SSSR count). The first-order valence-corrected chi connectivity index (χ1v) is 7.98. The number of thioether (sulfide) groups is 1. The predicted octanol–water partition coefficient (Wildman–Crippen LogP) is 0.386. The van der Waals surface area contributed by atoms with E-state index in [0.29, 0.717) is 22.6 Å². The average molecular weight is 310 g/mol. The van der Waals surface area contributed by atoms with Crippen molar-refractivity contribution in [3.8, 4) is 0 Å². The Kier molecular flexibility index (Phi) is 3.56. The highest BCUT2D eigenvalue weighted by Crippen LogP contribution is 2.39. The van der Waals surface area contributed by atoms with E-state index in [1.54, 1.807) is 35.5 Å². The zero-order valence-corrected chi connectivity index (χ0v) is 12.6. The number of aliphatic hydroxyl groups excluding tert-OH is 1. The van der Waals surface area contributed by atoms with Crippen LogP contribution in [0.1, 0.15) is 13.2 Å². The number of ether oxygens (including phenoxy) is 1. The molecule has 114 valence electrons. The Morgan fingerprint density at radius 3 is 3.00 bits per heavy atom. The van der Waals surface area contributed by atoms with Crippen LogP contribution in [0.5, 0.6) is 0 Å². The maximum Gasteiger partial charge on any atom is 0.164 e. The Morgan fingerprint density at radius 2 is 2.29 bits per heavy atom. The van der Waals surface area contributed by atoms with Crippen molar-refractivity contribution in [3.63, 3.8) is 0 Å². The summed E-state index contributed by atoms with van der Waals surface area (Å²) in [4.78, 5) is 8.13. The van der Waals surface area contributed by atoms with Crippen molar-refractivity contribution in [1.29, 1.82) is 0 Å². The first-order chi connectivity index (χ1) is 9.96. The fourth-order valence-corrected chi connectivity index (χ4v) is 3.35. The molecule has 0 spiro atoms. The van der Waals surface area contributed by atoms with Crippen LogP contribution in [0.3, 0.4) is 0 Å². The standard InChI is InChI=1S/C13H18N4O3S/c1-13(19)8(5-21-2)20-12(9(13)18)17-4-3-7-10(14)15-6-16-11(7)17/h3-4,6,8-9,12,18-19H,5H2,1-2H3,(H2,14,15,16)/t8-,9+,12?,13-/m1/s1. The summed E-state index contributed by atoms with van der Waals surface area (Å²) in [6.07, 6.45) is 2.82. The Labute approximate surface area is 126 Å². The second-order valence-electron chi connectivity index (χ2n) is 5.36. The molecule has 0 aliphatic carbocycles. The molecule has 0 bridgehead atoms. The third kappa shape index (κ3) is 2.18. The fourth-order valence-electron chi connectivity index (χ4n) is 2.63. The monoisotopic (exact) mass is 310 g/mol. The first kappa shape index (κ1) is 14.6. The van der Waals surface area contributed by atoms with Crippen LogP contribution < -0.4 is 5.73 Å². The van der Waals surface area contributed by atoms with Gasteiger partial charge in [-0.3, -0.25) is 0 Å². The minimum atomic E-state index is -1.32. The number of hydrogen-bond donors (Lipinski definition) is 3. The van der Waals surface area contributed by atoms with Crippen LogP contribution >= 0.6 is 11.8 Å². The summed E-state index contributed by atoms with van der Waals surface area (Å²) >= 11 is 1.56. The third-order valence-electron chi connectivity index (χ3n) is 3.96. The summed E-state index contributed by atoms with van der Waals surface area (Å²) in [5, 5.41) is 21.6. The number of aliphatic hydroxyl groups is 2. The smallest absolute Gasteiger partial charge is 0.164 e. The average Bonchev–Trinajstić information content (AvgIpc) is 2.95. The fraction of sp³-hybridized carbons (Fsp3) is 0.538. The van der Waals surface area contributed by atoms with Crippen LogP contribution in [0, 0.1) is 0 Å². The van der Waals surface area contributed by atoms with Gasteiger partial charge in [-0.2, -0.15) is 11.8 Å². The molecular formula is C13H18N4O3S. The van der Waals surface area contributed by atoms with E-state index in [0.717, 1.165) is 0 Å². The summed E-state index contributed by atoms with van der Waals surface area (Å²) in [5.74, 6) is 0.968. The molecule has 1 aliphatic heterocycles. The van der Waals surface area contributed by atoms with Crippen molar-refractivity contribution >= 4 is 28.6 Å². The molecule has 4 N–H and O–H groups in total. The molecule has 0 aromatic carbocycles. The molecule has 3 heterocycles. The van der Waals surface area contributed by atoms with E-state index >= 15 is 0 Å². The number of nitrogen functional groups attached to an aromatic ring is 1.